The number of carbonyl (C=O) groups is 1. The Labute approximate surface area is 204 Å². The highest BCUT2D eigenvalue weighted by molar-refractivity contribution is 5.70. The Morgan fingerprint density at radius 1 is 1.09 bits per heavy atom. The fourth-order valence-corrected chi connectivity index (χ4v) is 4.77. The summed E-state index contributed by atoms with van der Waals surface area (Å²) in [4.78, 5) is 29.5. The van der Waals surface area contributed by atoms with E-state index in [0.717, 1.165) is 33.6 Å². The molecular weight excluding hydrogens is 444 g/mol. The number of aryl methyl sites for hydroxylation is 4. The third-order valence-electron chi connectivity index (χ3n) is 6.29. The van der Waals surface area contributed by atoms with Crippen LogP contribution in [0.2, 0.25) is 0 Å². The Morgan fingerprint density at radius 2 is 1.83 bits per heavy atom. The van der Waals surface area contributed by atoms with E-state index in [-0.39, 0.29) is 5.69 Å². The number of nitrogens with one attached hydrogen (secondary N) is 1. The van der Waals surface area contributed by atoms with Gasteiger partial charge in [0.1, 0.15) is 5.49 Å². The summed E-state index contributed by atoms with van der Waals surface area (Å²) in [6.45, 7) is 9.78. The van der Waals surface area contributed by atoms with Crippen LogP contribution in [-0.2, 0) is 24.3 Å². The predicted octanol–water partition coefficient (Wildman–Crippen LogP) is 3.18. The molecule has 4 rings (SSSR count). The number of ether oxygens (including phenoxy) is 2. The van der Waals surface area contributed by atoms with Crippen LogP contribution >= 0.6 is 0 Å². The lowest BCUT2D eigenvalue weighted by atomic mass is 9.97. The summed E-state index contributed by atoms with van der Waals surface area (Å²) in [5, 5.41) is 2.65. The van der Waals surface area contributed by atoms with Crippen LogP contribution < -0.4 is 26.0 Å². The van der Waals surface area contributed by atoms with Gasteiger partial charge in [-0.1, -0.05) is 17.7 Å². The lowest BCUT2D eigenvalue weighted by Gasteiger charge is -2.25. The topological polar surface area (TPSA) is 86.8 Å². The van der Waals surface area contributed by atoms with Crippen molar-refractivity contribution >= 4 is 12.1 Å². The molecule has 1 aliphatic heterocycles. The quantitative estimate of drug-likeness (QED) is 0.400. The molecule has 3 aromatic rings. The molecule has 0 saturated carbocycles. The first-order chi connectivity index (χ1) is 16.9. The van der Waals surface area contributed by atoms with Gasteiger partial charge in [0.2, 0.25) is 6.41 Å². The van der Waals surface area contributed by atoms with E-state index in [1.165, 1.54) is 5.56 Å². The van der Waals surface area contributed by atoms with Crippen molar-refractivity contribution in [2.45, 2.75) is 47.2 Å². The summed E-state index contributed by atoms with van der Waals surface area (Å²) in [5.41, 5.74) is 7.31. The molecular formula is C27H32N4O4. The molecule has 0 fully saturated rings. The van der Waals surface area contributed by atoms with Gasteiger partial charge in [-0.15, -0.1) is 0 Å². The minimum Gasteiger partial charge on any atom is -0.493 e. The molecule has 0 aliphatic carbocycles. The van der Waals surface area contributed by atoms with Crippen molar-refractivity contribution in [3.8, 4) is 22.8 Å². The molecule has 1 amide bonds. The Kier molecular flexibility index (Phi) is 7.10. The summed E-state index contributed by atoms with van der Waals surface area (Å²) in [7, 11) is 1.61. The van der Waals surface area contributed by atoms with Gasteiger partial charge < -0.3 is 14.8 Å². The minimum atomic E-state index is -0.158. The molecule has 35 heavy (non-hydrogen) atoms. The van der Waals surface area contributed by atoms with Crippen molar-refractivity contribution in [3.05, 3.63) is 68.6 Å². The van der Waals surface area contributed by atoms with Gasteiger partial charge in [0.05, 0.1) is 25.1 Å². The molecule has 8 nitrogen and oxygen atoms in total. The fraction of sp³-hybridized carbons (Fsp3) is 0.370. The number of methoxy groups -OCH3 is 1. The van der Waals surface area contributed by atoms with Crippen molar-refractivity contribution in [1.82, 2.24) is 14.5 Å². The molecule has 184 valence electrons. The molecule has 1 aromatic heterocycles. The molecule has 0 unspecified atom stereocenters. The van der Waals surface area contributed by atoms with Gasteiger partial charge in [-0.05, 0) is 62.9 Å². The lowest BCUT2D eigenvalue weighted by molar-refractivity contribution is -0.109. The van der Waals surface area contributed by atoms with Crippen LogP contribution in [0.4, 0.5) is 5.69 Å². The molecule has 2 heterocycles. The first kappa shape index (κ1) is 24.3. The maximum atomic E-state index is 13.7. The third-order valence-corrected chi connectivity index (χ3v) is 6.29. The van der Waals surface area contributed by atoms with Gasteiger partial charge in [-0.2, -0.15) is 0 Å². The number of nitrogens with zero attached hydrogens (tertiary/aromatic N) is 3. The van der Waals surface area contributed by atoms with Crippen molar-refractivity contribution in [1.29, 1.82) is 0 Å². The van der Waals surface area contributed by atoms with Gasteiger partial charge in [0.15, 0.2) is 11.5 Å². The van der Waals surface area contributed by atoms with Crippen molar-refractivity contribution in [2.75, 3.05) is 20.3 Å². The summed E-state index contributed by atoms with van der Waals surface area (Å²) in [5.74, 6) is 1.33. The Hall–Kier alpha value is -3.81. The van der Waals surface area contributed by atoms with Crippen molar-refractivity contribution in [2.24, 2.45) is 4.99 Å². The zero-order valence-corrected chi connectivity index (χ0v) is 21.0. The van der Waals surface area contributed by atoms with Crippen LogP contribution in [0.25, 0.3) is 11.3 Å². The SMILES string of the molecule is CCOc1cc2c(cc1OC)-c1c/c(=N\c3c(C)cc(C)cc3C)n(CCNC=O)c(=O)n1CC2. The maximum Gasteiger partial charge on any atom is 0.330 e. The van der Waals surface area contributed by atoms with E-state index in [9.17, 15) is 9.59 Å². The summed E-state index contributed by atoms with van der Waals surface area (Å²) < 4.78 is 14.8. The summed E-state index contributed by atoms with van der Waals surface area (Å²) in [6.07, 6.45) is 1.34. The third kappa shape index (κ3) is 4.73. The first-order valence-electron chi connectivity index (χ1n) is 11.9. The van der Waals surface area contributed by atoms with E-state index in [1.54, 1.807) is 16.2 Å². The number of hydrogen-bond donors (Lipinski definition) is 1. The second kappa shape index (κ2) is 10.2. The van der Waals surface area contributed by atoms with Crippen LogP contribution in [0.15, 0.2) is 40.1 Å². The average Bonchev–Trinajstić information content (AvgIpc) is 2.82. The molecule has 2 aromatic carbocycles. The monoisotopic (exact) mass is 476 g/mol. The molecule has 0 radical (unpaired) electrons. The minimum absolute atomic E-state index is 0.158. The molecule has 0 bridgehead atoms. The van der Waals surface area contributed by atoms with Crippen molar-refractivity contribution < 1.29 is 14.3 Å². The largest absolute Gasteiger partial charge is 0.493 e. The van der Waals surface area contributed by atoms with Gasteiger partial charge in [0, 0.05) is 31.3 Å². The number of fused-ring (bicyclic) bond motifs is 3. The molecule has 0 atom stereocenters. The molecule has 0 saturated heterocycles. The zero-order chi connectivity index (χ0) is 25.1. The Morgan fingerprint density at radius 3 is 2.49 bits per heavy atom. The van der Waals surface area contributed by atoms with E-state index in [4.69, 9.17) is 14.5 Å². The molecule has 1 aliphatic rings. The van der Waals surface area contributed by atoms with E-state index in [2.05, 4.69) is 24.4 Å². The Balaban J connectivity index is 1.98. The predicted molar refractivity (Wildman–Crippen MR) is 135 cm³/mol. The highest BCUT2D eigenvalue weighted by atomic mass is 16.5. The van der Waals surface area contributed by atoms with E-state index in [1.807, 2.05) is 39.0 Å². The highest BCUT2D eigenvalue weighted by Crippen LogP contribution is 2.37. The normalized spacial score (nSPS) is 12.7. The summed E-state index contributed by atoms with van der Waals surface area (Å²) in [6, 6.07) is 10.1. The van der Waals surface area contributed by atoms with E-state index >= 15 is 0 Å². The lowest BCUT2D eigenvalue weighted by Crippen LogP contribution is -2.43. The highest BCUT2D eigenvalue weighted by Gasteiger charge is 2.22. The number of amides is 1. The van der Waals surface area contributed by atoms with Gasteiger partial charge in [-0.3, -0.25) is 13.9 Å². The van der Waals surface area contributed by atoms with E-state index in [0.29, 0.717) is 56.1 Å². The van der Waals surface area contributed by atoms with Gasteiger partial charge in [0.25, 0.3) is 0 Å². The second-order valence-electron chi connectivity index (χ2n) is 8.75. The first-order valence-corrected chi connectivity index (χ1v) is 11.9. The van der Waals surface area contributed by atoms with Crippen LogP contribution in [0.1, 0.15) is 29.2 Å². The van der Waals surface area contributed by atoms with Gasteiger partial charge >= 0.3 is 5.69 Å². The standard InChI is InChI=1S/C27H32N4O4/c1-6-35-24-13-20-7-9-30-22(21(20)14-23(24)34-5)15-25(31(27(30)33)10-8-28-16-32)29-26-18(3)11-17(2)12-19(26)4/h11-16H,6-10H2,1-5H3,(H,28,32)/b29-25+. The fourth-order valence-electron chi connectivity index (χ4n) is 4.77. The summed E-state index contributed by atoms with van der Waals surface area (Å²) >= 11 is 0. The van der Waals surface area contributed by atoms with Crippen LogP contribution in [0, 0.1) is 20.8 Å². The average molecular weight is 477 g/mol. The smallest absolute Gasteiger partial charge is 0.330 e. The molecule has 1 N–H and O–H groups in total. The van der Waals surface area contributed by atoms with E-state index < -0.39 is 0 Å². The number of benzene rings is 2. The number of hydrogen-bond acceptors (Lipinski definition) is 5. The Bertz CT molecular complexity index is 1380. The van der Waals surface area contributed by atoms with Crippen molar-refractivity contribution in [3.63, 3.8) is 0 Å². The second-order valence-corrected chi connectivity index (χ2v) is 8.75. The van der Waals surface area contributed by atoms with Crippen LogP contribution in [-0.4, -0.2) is 35.8 Å². The number of aromatic nitrogens is 2. The number of rotatable bonds is 8. The zero-order valence-electron chi connectivity index (χ0n) is 21.0. The maximum absolute atomic E-state index is 13.7. The molecule has 8 heteroatoms. The van der Waals surface area contributed by atoms with Gasteiger partial charge in [-0.25, -0.2) is 9.79 Å². The molecule has 0 spiro atoms. The number of carbonyl (C=O) groups excluding carboxylic acids is 1. The van der Waals surface area contributed by atoms with Crippen LogP contribution in [0.5, 0.6) is 11.5 Å². The van der Waals surface area contributed by atoms with Crippen LogP contribution in [0.3, 0.4) is 0 Å².